The first kappa shape index (κ1) is 16.0. The summed E-state index contributed by atoms with van der Waals surface area (Å²) < 4.78 is 12.4. The number of fused-ring (bicyclic) bond motifs is 1. The average Bonchev–Trinajstić information content (AvgIpc) is 3.24. The van der Waals surface area contributed by atoms with Gasteiger partial charge in [-0.1, -0.05) is 29.9 Å². The quantitative estimate of drug-likeness (QED) is 0.920. The molecule has 0 saturated carbocycles. The van der Waals surface area contributed by atoms with E-state index in [1.807, 2.05) is 24.3 Å². The number of carbonyl (C=O) groups is 1. The Hall–Kier alpha value is -1.54. The largest absolute Gasteiger partial charge is 0.349 e. The normalized spacial score (nSPS) is 22.9. The van der Waals surface area contributed by atoms with Gasteiger partial charge in [-0.05, 0) is 31.5 Å². The number of thiazole rings is 1. The van der Waals surface area contributed by atoms with Crippen LogP contribution in [0.1, 0.15) is 19.3 Å². The Bertz CT molecular complexity index is 681. The maximum absolute atomic E-state index is 12.5. The lowest BCUT2D eigenvalue weighted by atomic mass is 10.0. The van der Waals surface area contributed by atoms with Crippen molar-refractivity contribution >= 4 is 32.6 Å². The number of piperidine rings is 1. The van der Waals surface area contributed by atoms with Crippen LogP contribution < -0.4 is 5.32 Å². The van der Waals surface area contributed by atoms with Gasteiger partial charge in [0, 0.05) is 0 Å². The Labute approximate surface area is 144 Å². The van der Waals surface area contributed by atoms with E-state index in [1.165, 1.54) is 11.3 Å². The van der Waals surface area contributed by atoms with E-state index in [-0.39, 0.29) is 18.2 Å². The van der Waals surface area contributed by atoms with Crippen LogP contribution in [0.15, 0.2) is 24.3 Å². The van der Waals surface area contributed by atoms with E-state index < -0.39 is 0 Å². The zero-order valence-corrected chi connectivity index (χ0v) is 14.3. The van der Waals surface area contributed by atoms with Crippen LogP contribution in [-0.2, 0) is 14.3 Å². The summed E-state index contributed by atoms with van der Waals surface area (Å²) in [4.78, 5) is 19.1. The summed E-state index contributed by atoms with van der Waals surface area (Å²) in [5.74, 6) is -0.0287. The molecule has 0 bridgehead atoms. The average molecular weight is 347 g/mol. The maximum atomic E-state index is 12.5. The van der Waals surface area contributed by atoms with E-state index in [0.29, 0.717) is 24.9 Å². The summed E-state index contributed by atoms with van der Waals surface area (Å²) in [6, 6.07) is 8.07. The third-order valence-electron chi connectivity index (χ3n) is 4.51. The van der Waals surface area contributed by atoms with Crippen LogP contribution in [0.3, 0.4) is 0 Å². The zero-order valence-electron chi connectivity index (χ0n) is 13.4. The van der Waals surface area contributed by atoms with Gasteiger partial charge >= 0.3 is 0 Å². The fourth-order valence-corrected chi connectivity index (χ4v) is 4.27. The second-order valence-corrected chi connectivity index (χ2v) is 7.21. The summed E-state index contributed by atoms with van der Waals surface area (Å²) in [5.41, 5.74) is 0.918. The number of nitrogens with zero attached hydrogens (tertiary/aromatic N) is 2. The molecular weight excluding hydrogens is 326 g/mol. The molecule has 0 aliphatic carbocycles. The van der Waals surface area contributed by atoms with Crippen molar-refractivity contribution in [3.63, 3.8) is 0 Å². The molecule has 6 nitrogen and oxygen atoms in total. The summed E-state index contributed by atoms with van der Waals surface area (Å²) in [6.45, 7) is 2.55. The van der Waals surface area contributed by atoms with Crippen LogP contribution in [0, 0.1) is 0 Å². The first-order valence-electron chi connectivity index (χ1n) is 8.42. The SMILES string of the molecule is O=C(CN1CCCCC1C1OCCO1)Nc1nc2ccccc2s1. The lowest BCUT2D eigenvalue weighted by Crippen LogP contribution is -2.50. The van der Waals surface area contributed by atoms with Gasteiger partial charge in [0.15, 0.2) is 11.4 Å². The molecule has 0 spiro atoms. The molecule has 1 unspecified atom stereocenters. The van der Waals surface area contributed by atoms with Crippen LogP contribution in [0.4, 0.5) is 5.13 Å². The Morgan fingerprint density at radius 2 is 2.12 bits per heavy atom. The Balaban J connectivity index is 1.40. The highest BCUT2D eigenvalue weighted by atomic mass is 32.1. The molecule has 1 amide bonds. The van der Waals surface area contributed by atoms with Gasteiger partial charge in [0.05, 0.1) is 36.0 Å². The van der Waals surface area contributed by atoms with Crippen LogP contribution >= 0.6 is 11.3 Å². The molecule has 7 heteroatoms. The minimum absolute atomic E-state index is 0.0287. The predicted molar refractivity (Wildman–Crippen MR) is 93.2 cm³/mol. The molecule has 1 aromatic heterocycles. The third kappa shape index (κ3) is 3.44. The highest BCUT2D eigenvalue weighted by molar-refractivity contribution is 7.22. The van der Waals surface area contributed by atoms with Gasteiger partial charge in [-0.15, -0.1) is 0 Å². The third-order valence-corrected chi connectivity index (χ3v) is 5.46. The van der Waals surface area contributed by atoms with E-state index >= 15 is 0 Å². The minimum atomic E-state index is -0.194. The molecular formula is C17H21N3O3S. The van der Waals surface area contributed by atoms with E-state index in [4.69, 9.17) is 9.47 Å². The molecule has 2 fully saturated rings. The lowest BCUT2D eigenvalue weighted by Gasteiger charge is -2.37. The summed E-state index contributed by atoms with van der Waals surface area (Å²) >= 11 is 1.50. The molecule has 2 aliphatic heterocycles. The molecule has 24 heavy (non-hydrogen) atoms. The number of carbonyl (C=O) groups excluding carboxylic acids is 1. The van der Waals surface area contributed by atoms with Gasteiger partial charge in [-0.2, -0.15) is 0 Å². The number of nitrogens with one attached hydrogen (secondary N) is 1. The molecule has 1 aromatic carbocycles. The van der Waals surface area contributed by atoms with Gasteiger partial charge in [0.25, 0.3) is 0 Å². The Morgan fingerprint density at radius 3 is 2.96 bits per heavy atom. The Kier molecular flexibility index (Phi) is 4.75. The number of aromatic nitrogens is 1. The monoisotopic (exact) mass is 347 g/mol. The maximum Gasteiger partial charge on any atom is 0.240 e. The summed E-state index contributed by atoms with van der Waals surface area (Å²) in [7, 11) is 0. The van der Waals surface area contributed by atoms with E-state index in [9.17, 15) is 4.79 Å². The van der Waals surface area contributed by atoms with Crippen molar-refractivity contribution in [2.75, 3.05) is 31.6 Å². The van der Waals surface area contributed by atoms with Gasteiger partial charge in [-0.25, -0.2) is 4.98 Å². The minimum Gasteiger partial charge on any atom is -0.349 e. The molecule has 1 N–H and O–H groups in total. The van der Waals surface area contributed by atoms with Crippen molar-refractivity contribution in [2.24, 2.45) is 0 Å². The number of rotatable bonds is 4. The first-order chi connectivity index (χ1) is 11.8. The van der Waals surface area contributed by atoms with Crippen LogP contribution in [-0.4, -0.2) is 54.4 Å². The number of amides is 1. The van der Waals surface area contributed by atoms with Crippen molar-refractivity contribution in [1.82, 2.24) is 9.88 Å². The molecule has 2 aliphatic rings. The Morgan fingerprint density at radius 1 is 1.29 bits per heavy atom. The highest BCUT2D eigenvalue weighted by Gasteiger charge is 2.34. The van der Waals surface area contributed by atoms with Crippen molar-refractivity contribution in [3.05, 3.63) is 24.3 Å². The fraction of sp³-hybridized carbons (Fsp3) is 0.529. The first-order valence-corrected chi connectivity index (χ1v) is 9.24. The van der Waals surface area contributed by atoms with Gasteiger partial charge in [0.1, 0.15) is 0 Å². The van der Waals surface area contributed by atoms with Crippen molar-refractivity contribution in [1.29, 1.82) is 0 Å². The number of ether oxygens (including phenoxy) is 2. The number of benzene rings is 1. The molecule has 3 heterocycles. The van der Waals surface area contributed by atoms with E-state index in [1.54, 1.807) is 0 Å². The van der Waals surface area contributed by atoms with Gasteiger partial charge < -0.3 is 14.8 Å². The van der Waals surface area contributed by atoms with Gasteiger partial charge in [0.2, 0.25) is 5.91 Å². The van der Waals surface area contributed by atoms with Crippen LogP contribution in [0.2, 0.25) is 0 Å². The van der Waals surface area contributed by atoms with Crippen molar-refractivity contribution < 1.29 is 14.3 Å². The standard InChI is InChI=1S/C17H21N3O3S/c21-15(19-17-18-12-5-1-2-7-14(12)24-17)11-20-8-4-3-6-13(20)16-22-9-10-23-16/h1-2,5,7,13,16H,3-4,6,8-11H2,(H,18,19,21). The highest BCUT2D eigenvalue weighted by Crippen LogP contribution is 2.26. The topological polar surface area (TPSA) is 63.7 Å². The number of para-hydroxylation sites is 1. The number of hydrogen-bond donors (Lipinski definition) is 1. The van der Waals surface area contributed by atoms with Crippen molar-refractivity contribution in [3.8, 4) is 0 Å². The second-order valence-electron chi connectivity index (χ2n) is 6.18. The van der Waals surface area contributed by atoms with Gasteiger partial charge in [-0.3, -0.25) is 9.69 Å². The molecule has 2 aromatic rings. The molecule has 0 radical (unpaired) electrons. The number of anilines is 1. The summed E-state index contributed by atoms with van der Waals surface area (Å²) in [5, 5.41) is 3.59. The number of likely N-dealkylation sites (tertiary alicyclic amines) is 1. The lowest BCUT2D eigenvalue weighted by molar-refractivity contribution is -0.127. The second kappa shape index (κ2) is 7.14. The zero-order chi connectivity index (χ0) is 16.4. The predicted octanol–water partition coefficient (Wildman–Crippen LogP) is 2.46. The molecule has 1 atom stereocenters. The summed E-state index contributed by atoms with van der Waals surface area (Å²) in [6.07, 6.45) is 3.08. The molecule has 2 saturated heterocycles. The van der Waals surface area contributed by atoms with Crippen LogP contribution in [0.5, 0.6) is 0 Å². The molecule has 4 rings (SSSR count). The van der Waals surface area contributed by atoms with Crippen molar-refractivity contribution in [2.45, 2.75) is 31.6 Å². The van der Waals surface area contributed by atoms with Crippen LogP contribution in [0.25, 0.3) is 10.2 Å². The number of hydrogen-bond acceptors (Lipinski definition) is 6. The fourth-order valence-electron chi connectivity index (χ4n) is 3.39. The smallest absolute Gasteiger partial charge is 0.240 e. The molecule has 128 valence electrons. The van der Waals surface area contributed by atoms with E-state index in [0.717, 1.165) is 36.0 Å². The van der Waals surface area contributed by atoms with E-state index in [2.05, 4.69) is 15.2 Å².